The van der Waals surface area contributed by atoms with Crippen molar-refractivity contribution in [3.8, 4) is 0 Å². The Kier molecular flexibility index (Phi) is 4.55. The summed E-state index contributed by atoms with van der Waals surface area (Å²) in [5.74, 6) is -1.31. The maximum Gasteiger partial charge on any atom is 0.306 e. The van der Waals surface area contributed by atoms with E-state index in [1.54, 1.807) is 0 Å². The number of carbonyl (C=O) groups excluding carboxylic acids is 1. The summed E-state index contributed by atoms with van der Waals surface area (Å²) < 4.78 is 0. The molecule has 0 aliphatic heterocycles. The van der Waals surface area contributed by atoms with Crippen LogP contribution in [0.2, 0.25) is 0 Å². The molecule has 1 aliphatic carbocycles. The van der Waals surface area contributed by atoms with Gasteiger partial charge in [0.25, 0.3) is 0 Å². The minimum absolute atomic E-state index is 0.0187. The first-order chi connectivity index (χ1) is 9.16. The molecule has 4 heteroatoms. The highest BCUT2D eigenvalue weighted by atomic mass is 16.4. The average Bonchev–Trinajstić information content (AvgIpc) is 2.46. The van der Waals surface area contributed by atoms with Gasteiger partial charge in [0.2, 0.25) is 5.91 Å². The molecule has 1 fully saturated rings. The first-order valence-electron chi connectivity index (χ1n) is 6.71. The predicted molar refractivity (Wildman–Crippen MR) is 71.4 cm³/mol. The molecule has 1 saturated carbocycles. The van der Waals surface area contributed by atoms with Gasteiger partial charge in [0.05, 0.1) is 5.92 Å². The van der Waals surface area contributed by atoms with Crippen molar-refractivity contribution < 1.29 is 14.7 Å². The summed E-state index contributed by atoms with van der Waals surface area (Å²) in [7, 11) is 0. The van der Waals surface area contributed by atoms with E-state index < -0.39 is 5.97 Å². The van der Waals surface area contributed by atoms with Gasteiger partial charge in [-0.1, -0.05) is 36.8 Å². The van der Waals surface area contributed by atoms with Crippen LogP contribution in [0.5, 0.6) is 0 Å². The standard InChI is InChI=1S/C15H19NO3/c17-14(16-10-11-5-2-1-3-6-11)12-7-4-8-13(9-12)15(18)19/h1-3,5-6,12-13H,4,7-10H2,(H,16,17)(H,18,19). The zero-order valence-electron chi connectivity index (χ0n) is 10.8. The highest BCUT2D eigenvalue weighted by Crippen LogP contribution is 2.29. The van der Waals surface area contributed by atoms with Crippen molar-refractivity contribution in [1.29, 1.82) is 0 Å². The molecule has 0 radical (unpaired) electrons. The fourth-order valence-corrected chi connectivity index (χ4v) is 2.58. The highest BCUT2D eigenvalue weighted by Gasteiger charge is 2.30. The lowest BCUT2D eigenvalue weighted by Crippen LogP contribution is -2.35. The molecule has 0 spiro atoms. The van der Waals surface area contributed by atoms with Gasteiger partial charge >= 0.3 is 5.97 Å². The van der Waals surface area contributed by atoms with E-state index in [2.05, 4.69) is 5.32 Å². The molecule has 102 valence electrons. The van der Waals surface area contributed by atoms with Crippen molar-refractivity contribution in [2.45, 2.75) is 32.2 Å². The number of carboxylic acids is 1. The van der Waals surface area contributed by atoms with Gasteiger partial charge in [0, 0.05) is 12.5 Å². The van der Waals surface area contributed by atoms with Crippen molar-refractivity contribution in [3.05, 3.63) is 35.9 Å². The smallest absolute Gasteiger partial charge is 0.306 e. The lowest BCUT2D eigenvalue weighted by Gasteiger charge is -2.25. The number of hydrogen-bond acceptors (Lipinski definition) is 2. The van der Waals surface area contributed by atoms with Crippen molar-refractivity contribution in [2.24, 2.45) is 11.8 Å². The van der Waals surface area contributed by atoms with Crippen molar-refractivity contribution in [2.75, 3.05) is 0 Å². The third-order valence-electron chi connectivity index (χ3n) is 3.70. The number of rotatable bonds is 4. The van der Waals surface area contributed by atoms with Crippen molar-refractivity contribution in [1.82, 2.24) is 5.32 Å². The molecule has 0 bridgehead atoms. The van der Waals surface area contributed by atoms with E-state index in [4.69, 9.17) is 5.11 Å². The van der Waals surface area contributed by atoms with Gasteiger partial charge in [-0.05, 0) is 24.8 Å². The minimum atomic E-state index is -0.777. The van der Waals surface area contributed by atoms with Crippen molar-refractivity contribution >= 4 is 11.9 Å². The Morgan fingerprint density at radius 2 is 1.84 bits per heavy atom. The number of carboxylic acid groups (broad SMARTS) is 1. The summed E-state index contributed by atoms with van der Waals surface area (Å²) in [6.07, 6.45) is 2.78. The number of benzene rings is 1. The van der Waals surface area contributed by atoms with Crippen LogP contribution >= 0.6 is 0 Å². The van der Waals surface area contributed by atoms with E-state index in [0.717, 1.165) is 18.4 Å². The number of hydrogen-bond donors (Lipinski definition) is 2. The van der Waals surface area contributed by atoms with E-state index in [9.17, 15) is 9.59 Å². The molecule has 2 atom stereocenters. The minimum Gasteiger partial charge on any atom is -0.481 e. The Balaban J connectivity index is 1.84. The maximum absolute atomic E-state index is 12.0. The van der Waals surface area contributed by atoms with Crippen LogP contribution in [0.4, 0.5) is 0 Å². The molecule has 0 heterocycles. The van der Waals surface area contributed by atoms with Gasteiger partial charge in [-0.2, -0.15) is 0 Å². The van der Waals surface area contributed by atoms with Gasteiger partial charge < -0.3 is 10.4 Å². The molecule has 2 unspecified atom stereocenters. The number of amides is 1. The zero-order valence-corrected chi connectivity index (χ0v) is 10.8. The Morgan fingerprint density at radius 1 is 1.16 bits per heavy atom. The SMILES string of the molecule is O=C(O)C1CCCC(C(=O)NCc2ccccc2)C1. The fraction of sp³-hybridized carbons (Fsp3) is 0.467. The van der Waals surface area contributed by atoms with E-state index in [1.165, 1.54) is 0 Å². The van der Waals surface area contributed by atoms with Crippen molar-refractivity contribution in [3.63, 3.8) is 0 Å². The highest BCUT2D eigenvalue weighted by molar-refractivity contribution is 5.80. The molecular weight excluding hydrogens is 242 g/mol. The van der Waals surface area contributed by atoms with Gasteiger partial charge in [-0.3, -0.25) is 9.59 Å². The molecule has 1 amide bonds. The van der Waals surface area contributed by atoms with Crippen LogP contribution in [0.1, 0.15) is 31.2 Å². The van der Waals surface area contributed by atoms with E-state index in [-0.39, 0.29) is 17.7 Å². The topological polar surface area (TPSA) is 66.4 Å². The summed E-state index contributed by atoms with van der Waals surface area (Å²) >= 11 is 0. The fourth-order valence-electron chi connectivity index (χ4n) is 2.58. The van der Waals surface area contributed by atoms with Crippen LogP contribution in [0.15, 0.2) is 30.3 Å². The normalized spacial score (nSPS) is 22.7. The number of carbonyl (C=O) groups is 2. The lowest BCUT2D eigenvalue weighted by atomic mass is 9.81. The van der Waals surface area contributed by atoms with E-state index >= 15 is 0 Å². The summed E-state index contributed by atoms with van der Waals surface area (Å²) in [6, 6.07) is 9.72. The summed E-state index contributed by atoms with van der Waals surface area (Å²) in [5.41, 5.74) is 1.06. The Bertz CT molecular complexity index is 444. The second-order valence-electron chi connectivity index (χ2n) is 5.10. The molecule has 19 heavy (non-hydrogen) atoms. The molecule has 1 aromatic carbocycles. The zero-order chi connectivity index (χ0) is 13.7. The molecule has 4 nitrogen and oxygen atoms in total. The second-order valence-corrected chi connectivity index (χ2v) is 5.10. The van der Waals surface area contributed by atoms with Crippen LogP contribution in [0.25, 0.3) is 0 Å². The van der Waals surface area contributed by atoms with Crippen LogP contribution in [0.3, 0.4) is 0 Å². The molecule has 1 aliphatic rings. The Hall–Kier alpha value is -1.84. The molecule has 0 aromatic heterocycles. The molecule has 2 N–H and O–H groups in total. The van der Waals surface area contributed by atoms with Gasteiger partial charge in [0.1, 0.15) is 0 Å². The number of aliphatic carboxylic acids is 1. The first kappa shape index (κ1) is 13.6. The largest absolute Gasteiger partial charge is 0.481 e. The lowest BCUT2D eigenvalue weighted by molar-refractivity contribution is -0.144. The van der Waals surface area contributed by atoms with E-state index in [1.807, 2.05) is 30.3 Å². The Morgan fingerprint density at radius 3 is 2.53 bits per heavy atom. The first-order valence-corrected chi connectivity index (χ1v) is 6.71. The quantitative estimate of drug-likeness (QED) is 0.873. The van der Waals surface area contributed by atoms with Crippen LogP contribution in [-0.2, 0) is 16.1 Å². The third-order valence-corrected chi connectivity index (χ3v) is 3.70. The average molecular weight is 261 g/mol. The van der Waals surface area contributed by atoms with Gasteiger partial charge in [-0.15, -0.1) is 0 Å². The molecule has 2 rings (SSSR count). The molecule has 0 saturated heterocycles. The van der Waals surface area contributed by atoms with E-state index in [0.29, 0.717) is 19.4 Å². The molecular formula is C15H19NO3. The monoisotopic (exact) mass is 261 g/mol. The Labute approximate surface area is 112 Å². The predicted octanol–water partition coefficient (Wildman–Crippen LogP) is 2.19. The third kappa shape index (κ3) is 3.81. The second kappa shape index (κ2) is 6.36. The van der Waals surface area contributed by atoms with Crippen LogP contribution in [0, 0.1) is 11.8 Å². The van der Waals surface area contributed by atoms with Gasteiger partial charge in [0.15, 0.2) is 0 Å². The van der Waals surface area contributed by atoms with Crippen LogP contribution < -0.4 is 5.32 Å². The van der Waals surface area contributed by atoms with Gasteiger partial charge in [-0.25, -0.2) is 0 Å². The maximum atomic E-state index is 12.0. The molecule has 1 aromatic rings. The summed E-state index contributed by atoms with van der Waals surface area (Å²) in [5, 5.41) is 11.9. The van der Waals surface area contributed by atoms with Crippen LogP contribution in [-0.4, -0.2) is 17.0 Å². The number of nitrogens with one attached hydrogen (secondary N) is 1. The summed E-state index contributed by atoms with van der Waals surface area (Å²) in [4.78, 5) is 23.0. The summed E-state index contributed by atoms with van der Waals surface area (Å²) in [6.45, 7) is 0.508.